The molecule has 0 bridgehead atoms. The first-order chi connectivity index (χ1) is 14.8. The Labute approximate surface area is 176 Å². The molecule has 0 fully saturated rings. The number of thiophene rings is 1. The molecule has 0 radical (unpaired) electrons. The molecular formula is C22H17N5O2S. The molecule has 0 aliphatic carbocycles. The maximum Gasteiger partial charge on any atom is 0.248 e. The summed E-state index contributed by atoms with van der Waals surface area (Å²) in [4.78, 5) is 1.12. The summed E-state index contributed by atoms with van der Waals surface area (Å²) in [6.45, 7) is 0. The van der Waals surface area contributed by atoms with Crippen LogP contribution in [0.15, 0.2) is 71.6 Å². The maximum atomic E-state index is 6.55. The van der Waals surface area contributed by atoms with Gasteiger partial charge < -0.3 is 14.8 Å². The molecule has 4 heterocycles. The van der Waals surface area contributed by atoms with Crippen molar-refractivity contribution in [1.82, 2.24) is 20.2 Å². The quantitative estimate of drug-likeness (QED) is 0.538. The topological polar surface area (TPSA) is 74.1 Å². The molecule has 2 aliphatic heterocycles. The van der Waals surface area contributed by atoms with Gasteiger partial charge in [-0.3, -0.25) is 0 Å². The minimum atomic E-state index is -0.275. The van der Waals surface area contributed by atoms with Gasteiger partial charge in [0.25, 0.3) is 0 Å². The van der Waals surface area contributed by atoms with Crippen LogP contribution in [0.3, 0.4) is 0 Å². The van der Waals surface area contributed by atoms with Crippen molar-refractivity contribution >= 4 is 23.0 Å². The van der Waals surface area contributed by atoms with E-state index in [0.717, 1.165) is 38.8 Å². The Bertz CT molecular complexity index is 1260. The summed E-state index contributed by atoms with van der Waals surface area (Å²) in [5.41, 5.74) is 4.01. The molecular weight excluding hydrogens is 398 g/mol. The van der Waals surface area contributed by atoms with Gasteiger partial charge in [-0.25, -0.2) is 0 Å². The van der Waals surface area contributed by atoms with E-state index in [0.29, 0.717) is 5.95 Å². The van der Waals surface area contributed by atoms with Crippen LogP contribution in [0.4, 0.5) is 5.95 Å². The van der Waals surface area contributed by atoms with Crippen molar-refractivity contribution in [3.8, 4) is 11.5 Å². The molecule has 148 valence electrons. The number of rotatable bonds is 3. The lowest BCUT2D eigenvalue weighted by atomic mass is 9.86. The van der Waals surface area contributed by atoms with Gasteiger partial charge in [-0.1, -0.05) is 41.5 Å². The van der Waals surface area contributed by atoms with Crippen LogP contribution < -0.4 is 14.8 Å². The summed E-state index contributed by atoms with van der Waals surface area (Å²) >= 11 is 1.67. The Morgan fingerprint density at radius 2 is 1.93 bits per heavy atom. The normalized spacial score (nSPS) is 19.2. The lowest BCUT2D eigenvalue weighted by Gasteiger charge is -2.38. The zero-order chi connectivity index (χ0) is 20.1. The smallest absolute Gasteiger partial charge is 0.248 e. The number of tetrazole rings is 1. The second-order valence-corrected chi connectivity index (χ2v) is 8.04. The second-order valence-electron chi connectivity index (χ2n) is 7.06. The molecule has 0 saturated heterocycles. The highest BCUT2D eigenvalue weighted by Crippen LogP contribution is 2.52. The van der Waals surface area contributed by atoms with Gasteiger partial charge in [0.05, 0.1) is 12.8 Å². The third kappa shape index (κ3) is 2.47. The molecule has 0 saturated carbocycles. The van der Waals surface area contributed by atoms with E-state index in [2.05, 4.69) is 44.4 Å². The first-order valence-electron chi connectivity index (χ1n) is 9.56. The molecule has 6 rings (SSSR count). The molecule has 2 atom stereocenters. The SMILES string of the molecule is COc1ccccc1[C@H]1C2=C(Nc3nnnn31)c1ccccc1O[C@H]2c1cccs1. The number of anilines is 1. The Balaban J connectivity index is 1.66. The Hall–Kier alpha value is -3.65. The lowest BCUT2D eigenvalue weighted by molar-refractivity contribution is 0.225. The largest absolute Gasteiger partial charge is 0.496 e. The van der Waals surface area contributed by atoms with Crippen LogP contribution in [0.2, 0.25) is 0 Å². The molecule has 0 spiro atoms. The van der Waals surface area contributed by atoms with Crippen LogP contribution in [-0.4, -0.2) is 27.3 Å². The minimum absolute atomic E-state index is 0.269. The average molecular weight is 415 g/mol. The highest BCUT2D eigenvalue weighted by Gasteiger charge is 2.42. The van der Waals surface area contributed by atoms with Gasteiger partial charge in [-0.2, -0.15) is 4.68 Å². The van der Waals surface area contributed by atoms with Crippen molar-refractivity contribution in [1.29, 1.82) is 0 Å². The maximum absolute atomic E-state index is 6.55. The number of fused-ring (bicyclic) bond motifs is 3. The monoisotopic (exact) mass is 415 g/mol. The number of hydrogen-bond acceptors (Lipinski definition) is 7. The molecule has 8 heteroatoms. The summed E-state index contributed by atoms with van der Waals surface area (Å²) in [6, 6.07) is 19.9. The molecule has 0 amide bonds. The van der Waals surface area contributed by atoms with Crippen LogP contribution in [0.1, 0.15) is 28.1 Å². The molecule has 2 aromatic carbocycles. The second kappa shape index (κ2) is 6.70. The van der Waals surface area contributed by atoms with Gasteiger partial charge in [-0.15, -0.1) is 11.3 Å². The van der Waals surface area contributed by atoms with E-state index < -0.39 is 0 Å². The molecule has 7 nitrogen and oxygen atoms in total. The zero-order valence-electron chi connectivity index (χ0n) is 16.0. The zero-order valence-corrected chi connectivity index (χ0v) is 16.8. The van der Waals surface area contributed by atoms with Gasteiger partial charge >= 0.3 is 0 Å². The van der Waals surface area contributed by atoms with Gasteiger partial charge in [0.15, 0.2) is 6.10 Å². The van der Waals surface area contributed by atoms with Crippen LogP contribution in [0.5, 0.6) is 11.5 Å². The summed E-state index contributed by atoms with van der Waals surface area (Å²) < 4.78 is 14.1. The standard InChI is InChI=1S/C22H17N5O2S/c1-28-15-9-4-3-8-14(15)20-18-19(23-22-24-25-26-27(20)22)13-7-2-5-10-16(13)29-21(18)17-11-6-12-30-17/h2-12,20-21H,1H3,(H,23,24,26)/t20-,21-/m0/s1. The number of nitrogens with one attached hydrogen (secondary N) is 1. The van der Waals surface area contributed by atoms with Gasteiger partial charge in [0, 0.05) is 21.6 Å². The van der Waals surface area contributed by atoms with E-state index in [9.17, 15) is 0 Å². The average Bonchev–Trinajstić information content (AvgIpc) is 3.49. The number of nitrogens with zero attached hydrogens (tertiary/aromatic N) is 4. The van der Waals surface area contributed by atoms with Crippen molar-refractivity contribution < 1.29 is 9.47 Å². The lowest BCUT2D eigenvalue weighted by Crippen LogP contribution is -2.32. The molecule has 4 aromatic rings. The number of para-hydroxylation sites is 2. The third-order valence-electron chi connectivity index (χ3n) is 5.48. The first-order valence-corrected chi connectivity index (χ1v) is 10.4. The van der Waals surface area contributed by atoms with Crippen molar-refractivity contribution in [2.24, 2.45) is 0 Å². The number of ether oxygens (including phenoxy) is 2. The minimum Gasteiger partial charge on any atom is -0.496 e. The highest BCUT2D eigenvalue weighted by molar-refractivity contribution is 7.10. The predicted molar refractivity (Wildman–Crippen MR) is 114 cm³/mol. The fourth-order valence-electron chi connectivity index (χ4n) is 4.21. The molecule has 0 unspecified atom stereocenters. The van der Waals surface area contributed by atoms with Gasteiger partial charge in [0.2, 0.25) is 5.95 Å². The number of benzene rings is 2. The predicted octanol–water partition coefficient (Wildman–Crippen LogP) is 4.30. The summed E-state index contributed by atoms with van der Waals surface area (Å²) in [5, 5.41) is 18.0. The fourth-order valence-corrected chi connectivity index (χ4v) is 4.98. The fraction of sp³-hybridized carbons (Fsp3) is 0.136. The van der Waals surface area contributed by atoms with E-state index in [1.165, 1.54) is 0 Å². The molecule has 1 N–H and O–H groups in total. The van der Waals surface area contributed by atoms with Gasteiger partial charge in [0.1, 0.15) is 17.5 Å². The summed E-state index contributed by atoms with van der Waals surface area (Å²) in [5.74, 6) is 2.20. The van der Waals surface area contributed by atoms with Crippen LogP contribution in [0.25, 0.3) is 5.70 Å². The van der Waals surface area contributed by atoms with Crippen LogP contribution >= 0.6 is 11.3 Å². The Morgan fingerprint density at radius 1 is 1.07 bits per heavy atom. The highest BCUT2D eigenvalue weighted by atomic mass is 32.1. The molecule has 30 heavy (non-hydrogen) atoms. The molecule has 2 aromatic heterocycles. The van der Waals surface area contributed by atoms with Crippen molar-refractivity contribution in [3.05, 3.63) is 87.6 Å². The van der Waals surface area contributed by atoms with Gasteiger partial charge in [-0.05, 0) is 40.1 Å². The van der Waals surface area contributed by atoms with Crippen molar-refractivity contribution in [2.45, 2.75) is 12.1 Å². The Kier molecular flexibility index (Phi) is 3.85. The van der Waals surface area contributed by atoms with E-state index in [1.807, 2.05) is 42.5 Å². The third-order valence-corrected chi connectivity index (χ3v) is 6.39. The van der Waals surface area contributed by atoms with Crippen LogP contribution in [0, 0.1) is 0 Å². The Morgan fingerprint density at radius 3 is 2.80 bits per heavy atom. The van der Waals surface area contributed by atoms with Crippen LogP contribution in [-0.2, 0) is 0 Å². The number of hydrogen-bond donors (Lipinski definition) is 1. The van der Waals surface area contributed by atoms with Crippen molar-refractivity contribution in [2.75, 3.05) is 12.4 Å². The van der Waals surface area contributed by atoms with Crippen molar-refractivity contribution in [3.63, 3.8) is 0 Å². The van der Waals surface area contributed by atoms with E-state index in [-0.39, 0.29) is 12.1 Å². The van der Waals surface area contributed by atoms with E-state index >= 15 is 0 Å². The summed E-state index contributed by atoms with van der Waals surface area (Å²) in [6.07, 6.45) is -0.269. The first kappa shape index (κ1) is 17.2. The summed E-state index contributed by atoms with van der Waals surface area (Å²) in [7, 11) is 1.68. The molecule has 2 aliphatic rings. The van der Waals surface area contributed by atoms with E-state index in [1.54, 1.807) is 23.1 Å². The van der Waals surface area contributed by atoms with E-state index in [4.69, 9.17) is 9.47 Å². The number of aromatic nitrogens is 4. The number of methoxy groups -OCH3 is 1.